The van der Waals surface area contributed by atoms with Gasteiger partial charge in [-0.1, -0.05) is 6.07 Å². The average molecular weight is 373 g/mol. The number of nitrogens with one attached hydrogen (secondary N) is 3. The summed E-state index contributed by atoms with van der Waals surface area (Å²) in [5, 5.41) is 7.78. The minimum absolute atomic E-state index is 0.0370. The van der Waals surface area contributed by atoms with Crippen molar-refractivity contribution in [2.45, 2.75) is 37.8 Å². The Kier molecular flexibility index (Phi) is 5.73. The van der Waals surface area contributed by atoms with E-state index in [4.69, 9.17) is 4.74 Å². The molecule has 1 aromatic carbocycles. The van der Waals surface area contributed by atoms with Crippen LogP contribution in [0, 0.1) is 5.92 Å². The third-order valence-corrected chi connectivity index (χ3v) is 4.58. The van der Waals surface area contributed by atoms with Crippen molar-refractivity contribution in [1.82, 2.24) is 16.0 Å². The summed E-state index contributed by atoms with van der Waals surface area (Å²) >= 11 is 0. The Morgan fingerprint density at radius 3 is 2.52 bits per heavy atom. The molecule has 0 aromatic heterocycles. The minimum atomic E-state index is -0.733. The number of ketones is 1. The van der Waals surface area contributed by atoms with E-state index in [1.54, 1.807) is 24.3 Å². The van der Waals surface area contributed by atoms with E-state index in [9.17, 15) is 19.2 Å². The van der Waals surface area contributed by atoms with Crippen molar-refractivity contribution < 1.29 is 23.9 Å². The van der Waals surface area contributed by atoms with E-state index in [-0.39, 0.29) is 18.5 Å². The third-order valence-electron chi connectivity index (χ3n) is 4.58. The maximum absolute atomic E-state index is 12.5. The molecular weight excluding hydrogens is 350 g/mol. The molecule has 0 saturated heterocycles. The lowest BCUT2D eigenvalue weighted by Crippen LogP contribution is -2.50. The number of Topliss-reactive ketones (excluding diaryl/α,β-unsaturated/α-hetero) is 1. The van der Waals surface area contributed by atoms with Crippen molar-refractivity contribution >= 4 is 23.5 Å². The zero-order valence-electron chi connectivity index (χ0n) is 15.1. The van der Waals surface area contributed by atoms with Crippen molar-refractivity contribution in [1.29, 1.82) is 0 Å². The summed E-state index contributed by atoms with van der Waals surface area (Å²) in [7, 11) is 1.51. The smallest absolute Gasteiger partial charge is 0.289 e. The number of rotatable bonds is 9. The zero-order chi connectivity index (χ0) is 19.4. The standard InChI is InChI=1S/C19H23N3O5/c1-27-14-4-2-3-12(9-14)17(24)22-16(11-5-6-11)19(26)20-10-15(23)18(25)21-13-7-8-13/h2-4,9,11,13,16H,5-8,10H2,1H3,(H,20,26)(H,21,25)(H,22,24). The molecule has 1 unspecified atom stereocenters. The normalized spacial score (nSPS) is 16.8. The Bertz CT molecular complexity index is 755. The van der Waals surface area contributed by atoms with E-state index < -0.39 is 29.5 Å². The molecule has 27 heavy (non-hydrogen) atoms. The molecule has 0 heterocycles. The van der Waals surface area contributed by atoms with Gasteiger partial charge in [-0.3, -0.25) is 19.2 Å². The van der Waals surface area contributed by atoms with Crippen LogP contribution in [0.4, 0.5) is 0 Å². The number of methoxy groups -OCH3 is 1. The second-order valence-electron chi connectivity index (χ2n) is 6.91. The van der Waals surface area contributed by atoms with Gasteiger partial charge in [0.1, 0.15) is 11.8 Å². The van der Waals surface area contributed by atoms with Crippen molar-refractivity contribution in [3.05, 3.63) is 29.8 Å². The van der Waals surface area contributed by atoms with Gasteiger partial charge in [0.05, 0.1) is 13.7 Å². The molecule has 0 radical (unpaired) electrons. The highest BCUT2D eigenvalue weighted by atomic mass is 16.5. The summed E-state index contributed by atoms with van der Waals surface area (Å²) < 4.78 is 5.10. The van der Waals surface area contributed by atoms with Crippen LogP contribution in [0.25, 0.3) is 0 Å². The summed E-state index contributed by atoms with van der Waals surface area (Å²) in [6.07, 6.45) is 3.41. The van der Waals surface area contributed by atoms with Gasteiger partial charge in [0, 0.05) is 11.6 Å². The average Bonchev–Trinajstić information content (AvgIpc) is 3.58. The molecule has 2 aliphatic carbocycles. The third kappa shape index (κ3) is 5.29. The van der Waals surface area contributed by atoms with Crippen LogP contribution < -0.4 is 20.7 Å². The van der Waals surface area contributed by atoms with Crippen LogP contribution in [0.5, 0.6) is 5.75 Å². The fourth-order valence-corrected chi connectivity index (χ4v) is 2.67. The van der Waals surface area contributed by atoms with Crippen LogP contribution in [-0.4, -0.2) is 49.2 Å². The Labute approximate surface area is 157 Å². The number of carbonyl (C=O) groups is 4. The van der Waals surface area contributed by atoms with Gasteiger partial charge < -0.3 is 20.7 Å². The maximum atomic E-state index is 12.5. The van der Waals surface area contributed by atoms with E-state index in [0.29, 0.717) is 11.3 Å². The van der Waals surface area contributed by atoms with Gasteiger partial charge in [0.2, 0.25) is 11.7 Å². The quantitative estimate of drug-likeness (QED) is 0.534. The molecule has 8 nitrogen and oxygen atoms in total. The molecule has 1 aromatic rings. The van der Waals surface area contributed by atoms with E-state index in [0.717, 1.165) is 25.7 Å². The first kappa shape index (κ1) is 18.9. The van der Waals surface area contributed by atoms with Gasteiger partial charge in [0.25, 0.3) is 11.8 Å². The molecule has 3 amide bonds. The number of hydrogen-bond donors (Lipinski definition) is 3. The summed E-state index contributed by atoms with van der Waals surface area (Å²) in [4.78, 5) is 48.4. The molecule has 2 saturated carbocycles. The lowest BCUT2D eigenvalue weighted by molar-refractivity contribution is -0.138. The molecule has 2 aliphatic rings. The lowest BCUT2D eigenvalue weighted by Gasteiger charge is -2.18. The Morgan fingerprint density at radius 1 is 1.15 bits per heavy atom. The second kappa shape index (κ2) is 8.20. The highest BCUT2D eigenvalue weighted by Gasteiger charge is 2.37. The summed E-state index contributed by atoms with van der Waals surface area (Å²) in [5.41, 5.74) is 0.382. The first-order valence-corrected chi connectivity index (χ1v) is 9.04. The van der Waals surface area contributed by atoms with Crippen LogP contribution in [0.1, 0.15) is 36.0 Å². The largest absolute Gasteiger partial charge is 0.497 e. The molecule has 2 fully saturated rings. The molecule has 0 bridgehead atoms. The molecule has 144 valence electrons. The van der Waals surface area contributed by atoms with Gasteiger partial charge in [-0.2, -0.15) is 0 Å². The topological polar surface area (TPSA) is 114 Å². The van der Waals surface area contributed by atoms with E-state index in [2.05, 4.69) is 16.0 Å². The van der Waals surface area contributed by atoms with E-state index in [1.165, 1.54) is 7.11 Å². The molecule has 1 atom stereocenters. The van der Waals surface area contributed by atoms with Crippen molar-refractivity contribution in [3.8, 4) is 5.75 Å². The Hall–Kier alpha value is -2.90. The molecule has 0 aliphatic heterocycles. The van der Waals surface area contributed by atoms with Gasteiger partial charge in [-0.05, 0) is 49.8 Å². The summed E-state index contributed by atoms with van der Waals surface area (Å²) in [6.45, 7) is -0.379. The summed E-state index contributed by atoms with van der Waals surface area (Å²) in [6, 6.07) is 5.98. The predicted molar refractivity (Wildman–Crippen MR) is 96.2 cm³/mol. The first-order valence-electron chi connectivity index (χ1n) is 9.04. The number of hydrogen-bond acceptors (Lipinski definition) is 5. The van der Waals surface area contributed by atoms with Crippen LogP contribution >= 0.6 is 0 Å². The number of benzene rings is 1. The van der Waals surface area contributed by atoms with E-state index in [1.807, 2.05) is 0 Å². The van der Waals surface area contributed by atoms with Crippen LogP contribution in [-0.2, 0) is 14.4 Å². The molecule has 3 N–H and O–H groups in total. The zero-order valence-corrected chi connectivity index (χ0v) is 15.1. The lowest BCUT2D eigenvalue weighted by atomic mass is 10.1. The van der Waals surface area contributed by atoms with Gasteiger partial charge >= 0.3 is 0 Å². The Balaban J connectivity index is 1.54. The maximum Gasteiger partial charge on any atom is 0.289 e. The van der Waals surface area contributed by atoms with Crippen LogP contribution in [0.15, 0.2) is 24.3 Å². The molecule has 0 spiro atoms. The molecule has 8 heteroatoms. The molecular formula is C19H23N3O5. The fourth-order valence-electron chi connectivity index (χ4n) is 2.67. The number of ether oxygens (including phenoxy) is 1. The van der Waals surface area contributed by atoms with Crippen LogP contribution in [0.2, 0.25) is 0 Å². The fraction of sp³-hybridized carbons (Fsp3) is 0.474. The van der Waals surface area contributed by atoms with Gasteiger partial charge in [-0.25, -0.2) is 0 Å². The van der Waals surface area contributed by atoms with Gasteiger partial charge in [-0.15, -0.1) is 0 Å². The van der Waals surface area contributed by atoms with Crippen molar-refractivity contribution in [3.63, 3.8) is 0 Å². The molecule has 3 rings (SSSR count). The minimum Gasteiger partial charge on any atom is -0.497 e. The highest BCUT2D eigenvalue weighted by molar-refractivity contribution is 6.37. The Morgan fingerprint density at radius 2 is 1.89 bits per heavy atom. The van der Waals surface area contributed by atoms with Crippen LogP contribution in [0.3, 0.4) is 0 Å². The second-order valence-corrected chi connectivity index (χ2v) is 6.91. The number of carbonyl (C=O) groups excluding carboxylic acids is 4. The highest BCUT2D eigenvalue weighted by Crippen LogP contribution is 2.33. The first-order chi connectivity index (χ1) is 13.0. The number of amides is 3. The van der Waals surface area contributed by atoms with E-state index >= 15 is 0 Å². The van der Waals surface area contributed by atoms with Crippen molar-refractivity contribution in [2.75, 3.05) is 13.7 Å². The monoisotopic (exact) mass is 373 g/mol. The van der Waals surface area contributed by atoms with Gasteiger partial charge in [0.15, 0.2) is 0 Å². The predicted octanol–water partition coefficient (Wildman–Crippen LogP) is 0.167. The van der Waals surface area contributed by atoms with Crippen molar-refractivity contribution in [2.24, 2.45) is 5.92 Å². The SMILES string of the molecule is COc1cccc(C(=O)NC(C(=O)NCC(=O)C(=O)NC2CC2)C2CC2)c1. The summed E-state index contributed by atoms with van der Waals surface area (Å²) in [5.74, 6) is -1.64.